The molecule has 9 nitrogen and oxygen atoms in total. The summed E-state index contributed by atoms with van der Waals surface area (Å²) in [7, 11) is 0. The SMILES string of the molecule is CCCCCCCCOCCOCCOC(=O)COCC(=O)OCCOCCOCCCCCCCC. The Kier molecular flexibility index (Phi) is 29.9. The fourth-order valence-electron chi connectivity index (χ4n) is 3.34. The van der Waals surface area contributed by atoms with Crippen molar-refractivity contribution in [1.29, 1.82) is 0 Å². The van der Waals surface area contributed by atoms with Crippen LogP contribution in [0.3, 0.4) is 0 Å². The molecule has 0 aliphatic rings. The van der Waals surface area contributed by atoms with Gasteiger partial charge in [-0.2, -0.15) is 0 Å². The lowest BCUT2D eigenvalue weighted by molar-refractivity contribution is -0.157. The number of unbranched alkanes of at least 4 members (excludes halogenated alkanes) is 10. The van der Waals surface area contributed by atoms with Crippen molar-refractivity contribution in [2.24, 2.45) is 0 Å². The van der Waals surface area contributed by atoms with Crippen LogP contribution in [0, 0.1) is 0 Å². The van der Waals surface area contributed by atoms with E-state index in [2.05, 4.69) is 13.8 Å². The van der Waals surface area contributed by atoms with Gasteiger partial charge in [-0.05, 0) is 12.8 Å². The second-order valence-corrected chi connectivity index (χ2v) is 8.92. The average Bonchev–Trinajstić information content (AvgIpc) is 2.89. The van der Waals surface area contributed by atoms with Crippen molar-refractivity contribution in [3.63, 3.8) is 0 Å². The summed E-state index contributed by atoms with van der Waals surface area (Å²) in [5.74, 6) is -1.11. The minimum absolute atomic E-state index is 0.129. The Morgan fingerprint density at radius 2 is 0.703 bits per heavy atom. The maximum atomic E-state index is 11.6. The van der Waals surface area contributed by atoms with Crippen LogP contribution < -0.4 is 0 Å². The van der Waals surface area contributed by atoms with Gasteiger partial charge in [0.25, 0.3) is 0 Å². The third kappa shape index (κ3) is 30.9. The molecule has 0 amide bonds. The molecular formula is C28H54O9. The summed E-state index contributed by atoms with van der Waals surface area (Å²) < 4.78 is 36.7. The van der Waals surface area contributed by atoms with Crippen LogP contribution in [-0.2, 0) is 42.7 Å². The molecule has 220 valence electrons. The molecule has 0 bridgehead atoms. The third-order valence-corrected chi connectivity index (χ3v) is 5.45. The van der Waals surface area contributed by atoms with Crippen LogP contribution in [0.15, 0.2) is 0 Å². The summed E-state index contributed by atoms with van der Waals surface area (Å²) in [5.41, 5.74) is 0. The van der Waals surface area contributed by atoms with Gasteiger partial charge < -0.3 is 33.2 Å². The van der Waals surface area contributed by atoms with Crippen LogP contribution in [0.5, 0.6) is 0 Å². The monoisotopic (exact) mass is 534 g/mol. The zero-order valence-corrected chi connectivity index (χ0v) is 23.6. The van der Waals surface area contributed by atoms with Gasteiger partial charge in [-0.3, -0.25) is 0 Å². The Morgan fingerprint density at radius 3 is 1.11 bits per heavy atom. The highest BCUT2D eigenvalue weighted by atomic mass is 16.6. The van der Waals surface area contributed by atoms with Crippen molar-refractivity contribution in [3.8, 4) is 0 Å². The lowest BCUT2D eigenvalue weighted by atomic mass is 10.1. The van der Waals surface area contributed by atoms with Crippen LogP contribution in [0.1, 0.15) is 90.9 Å². The van der Waals surface area contributed by atoms with Crippen molar-refractivity contribution in [2.75, 3.05) is 79.3 Å². The summed E-state index contributed by atoms with van der Waals surface area (Å²) in [6, 6.07) is 0. The molecule has 0 heterocycles. The zero-order valence-electron chi connectivity index (χ0n) is 23.6. The van der Waals surface area contributed by atoms with Crippen molar-refractivity contribution in [1.82, 2.24) is 0 Å². The Morgan fingerprint density at radius 1 is 0.378 bits per heavy atom. The Hall–Kier alpha value is -1.26. The first-order valence-corrected chi connectivity index (χ1v) is 14.4. The number of esters is 2. The van der Waals surface area contributed by atoms with Crippen LogP contribution in [0.4, 0.5) is 0 Å². The first-order valence-electron chi connectivity index (χ1n) is 14.4. The van der Waals surface area contributed by atoms with Crippen LogP contribution in [-0.4, -0.2) is 91.2 Å². The lowest BCUT2D eigenvalue weighted by Crippen LogP contribution is -2.21. The van der Waals surface area contributed by atoms with Gasteiger partial charge in [-0.1, -0.05) is 78.1 Å². The molecule has 0 aromatic rings. The molecule has 0 radical (unpaired) electrons. The van der Waals surface area contributed by atoms with Gasteiger partial charge in [0.2, 0.25) is 0 Å². The molecule has 0 fully saturated rings. The van der Waals surface area contributed by atoms with Gasteiger partial charge >= 0.3 is 11.9 Å². The molecular weight excluding hydrogens is 480 g/mol. The van der Waals surface area contributed by atoms with E-state index in [0.29, 0.717) is 26.4 Å². The fourth-order valence-corrected chi connectivity index (χ4v) is 3.34. The maximum Gasteiger partial charge on any atom is 0.332 e. The van der Waals surface area contributed by atoms with E-state index in [1.165, 1.54) is 64.2 Å². The molecule has 0 unspecified atom stereocenters. The molecule has 0 saturated carbocycles. The van der Waals surface area contributed by atoms with Gasteiger partial charge in [-0.15, -0.1) is 0 Å². The summed E-state index contributed by atoms with van der Waals surface area (Å²) in [4.78, 5) is 23.2. The summed E-state index contributed by atoms with van der Waals surface area (Å²) >= 11 is 0. The summed E-state index contributed by atoms with van der Waals surface area (Å²) in [6.07, 6.45) is 14.9. The van der Waals surface area contributed by atoms with Gasteiger partial charge in [0.15, 0.2) is 0 Å². The summed E-state index contributed by atoms with van der Waals surface area (Å²) in [5, 5.41) is 0. The molecule has 0 N–H and O–H groups in total. The van der Waals surface area contributed by atoms with E-state index in [4.69, 9.17) is 33.2 Å². The average molecular weight is 535 g/mol. The van der Waals surface area contributed by atoms with Gasteiger partial charge in [0.05, 0.1) is 39.6 Å². The van der Waals surface area contributed by atoms with Crippen LogP contribution in [0.25, 0.3) is 0 Å². The van der Waals surface area contributed by atoms with Crippen LogP contribution >= 0.6 is 0 Å². The standard InChI is InChI=1S/C28H54O9/c1-3-5-7-9-11-13-15-31-17-19-33-21-23-36-27(29)25-35-26-28(30)37-24-22-34-20-18-32-16-14-12-10-8-6-4-2/h3-26H2,1-2H3. The molecule has 0 aromatic carbocycles. The molecule has 0 atom stereocenters. The lowest BCUT2D eigenvalue weighted by Gasteiger charge is -2.08. The highest BCUT2D eigenvalue weighted by Crippen LogP contribution is 2.05. The number of rotatable bonds is 30. The van der Waals surface area contributed by atoms with Crippen molar-refractivity contribution < 1.29 is 42.7 Å². The zero-order chi connectivity index (χ0) is 27.1. The van der Waals surface area contributed by atoms with E-state index in [-0.39, 0.29) is 39.6 Å². The molecule has 0 aliphatic carbocycles. The quantitative estimate of drug-likeness (QED) is 0.0943. The molecule has 37 heavy (non-hydrogen) atoms. The number of ether oxygens (including phenoxy) is 7. The predicted molar refractivity (Wildman–Crippen MR) is 143 cm³/mol. The van der Waals surface area contributed by atoms with Crippen molar-refractivity contribution in [3.05, 3.63) is 0 Å². The molecule has 9 heteroatoms. The largest absolute Gasteiger partial charge is 0.462 e. The smallest absolute Gasteiger partial charge is 0.332 e. The number of hydrogen-bond acceptors (Lipinski definition) is 9. The van der Waals surface area contributed by atoms with E-state index >= 15 is 0 Å². The fraction of sp³-hybridized carbons (Fsp3) is 0.929. The number of carbonyl (C=O) groups is 2. The highest BCUT2D eigenvalue weighted by Gasteiger charge is 2.07. The summed E-state index contributed by atoms with van der Waals surface area (Å²) in [6.45, 7) is 8.14. The molecule has 0 rings (SSSR count). The Labute approximate surface area is 225 Å². The number of carbonyl (C=O) groups excluding carboxylic acids is 2. The predicted octanol–water partition coefficient (Wildman–Crippen LogP) is 4.88. The second kappa shape index (κ2) is 31.0. The van der Waals surface area contributed by atoms with Gasteiger partial charge in [-0.25, -0.2) is 9.59 Å². The minimum Gasteiger partial charge on any atom is -0.462 e. The minimum atomic E-state index is -0.556. The highest BCUT2D eigenvalue weighted by molar-refractivity contribution is 5.73. The van der Waals surface area contributed by atoms with E-state index in [1.807, 2.05) is 0 Å². The van der Waals surface area contributed by atoms with E-state index in [0.717, 1.165) is 26.1 Å². The topological polar surface area (TPSA) is 98.8 Å². The van der Waals surface area contributed by atoms with E-state index < -0.39 is 11.9 Å². The third-order valence-electron chi connectivity index (χ3n) is 5.45. The normalized spacial score (nSPS) is 11.1. The number of hydrogen-bond donors (Lipinski definition) is 0. The second-order valence-electron chi connectivity index (χ2n) is 8.92. The van der Waals surface area contributed by atoms with E-state index in [9.17, 15) is 9.59 Å². The molecule has 0 spiro atoms. The van der Waals surface area contributed by atoms with Gasteiger partial charge in [0.1, 0.15) is 26.4 Å². The van der Waals surface area contributed by atoms with Crippen molar-refractivity contribution in [2.45, 2.75) is 90.9 Å². The first kappa shape index (κ1) is 35.7. The molecule has 0 saturated heterocycles. The molecule has 0 aromatic heterocycles. The molecule has 0 aliphatic heterocycles. The Balaban J connectivity index is 3.27. The van der Waals surface area contributed by atoms with Gasteiger partial charge in [0, 0.05) is 13.2 Å². The Bertz CT molecular complexity index is 446. The van der Waals surface area contributed by atoms with E-state index in [1.54, 1.807) is 0 Å². The first-order chi connectivity index (χ1) is 18.2. The maximum absolute atomic E-state index is 11.6. The van der Waals surface area contributed by atoms with Crippen molar-refractivity contribution >= 4 is 11.9 Å². The van der Waals surface area contributed by atoms with Crippen LogP contribution in [0.2, 0.25) is 0 Å².